The summed E-state index contributed by atoms with van der Waals surface area (Å²) in [5.74, 6) is 0.345. The first-order valence-corrected chi connectivity index (χ1v) is 11.0. The van der Waals surface area contributed by atoms with Crippen molar-refractivity contribution in [3.05, 3.63) is 17.5 Å². The highest BCUT2D eigenvalue weighted by atomic mass is 32.2. The minimum atomic E-state index is -3.46. The normalized spacial score (nSPS) is 20.9. The molecular weight excluding hydrogens is 344 g/mol. The van der Waals surface area contributed by atoms with E-state index in [2.05, 4.69) is 19.2 Å². The summed E-state index contributed by atoms with van der Waals surface area (Å²) >= 11 is 1.22. The number of hydrogen-bond acceptors (Lipinski definition) is 4. The summed E-state index contributed by atoms with van der Waals surface area (Å²) in [5, 5.41) is 4.82. The number of carbonyl (C=O) groups is 1. The van der Waals surface area contributed by atoms with Gasteiger partial charge in [0.05, 0.1) is 5.92 Å². The quantitative estimate of drug-likeness (QED) is 0.800. The number of piperidine rings is 1. The highest BCUT2D eigenvalue weighted by Crippen LogP contribution is 2.26. The second-order valence-corrected chi connectivity index (χ2v) is 10.1. The van der Waals surface area contributed by atoms with Gasteiger partial charge in [-0.2, -0.15) is 4.31 Å². The molecule has 1 N–H and O–H groups in total. The van der Waals surface area contributed by atoms with Crippen LogP contribution in [0.5, 0.6) is 0 Å². The van der Waals surface area contributed by atoms with E-state index >= 15 is 0 Å². The summed E-state index contributed by atoms with van der Waals surface area (Å²) in [7, 11) is -3.46. The zero-order valence-electron chi connectivity index (χ0n) is 14.7. The molecule has 0 bridgehead atoms. The van der Waals surface area contributed by atoms with Gasteiger partial charge in [-0.15, -0.1) is 11.3 Å². The topological polar surface area (TPSA) is 66.5 Å². The first kappa shape index (κ1) is 19.4. The van der Waals surface area contributed by atoms with Crippen molar-refractivity contribution in [2.75, 3.05) is 13.1 Å². The molecule has 0 aromatic carbocycles. The number of sulfonamides is 1. The van der Waals surface area contributed by atoms with Crippen LogP contribution in [0.1, 0.15) is 46.5 Å². The first-order valence-electron chi connectivity index (χ1n) is 8.64. The van der Waals surface area contributed by atoms with Crippen molar-refractivity contribution in [1.29, 1.82) is 0 Å². The Balaban J connectivity index is 1.94. The summed E-state index contributed by atoms with van der Waals surface area (Å²) < 4.78 is 27.1. The number of carbonyl (C=O) groups excluding carboxylic acids is 1. The first-order chi connectivity index (χ1) is 11.3. The Morgan fingerprint density at radius 2 is 2.12 bits per heavy atom. The second kappa shape index (κ2) is 8.45. The van der Waals surface area contributed by atoms with Crippen LogP contribution in [0, 0.1) is 11.8 Å². The van der Waals surface area contributed by atoms with Gasteiger partial charge in [-0.05, 0) is 50.0 Å². The highest BCUT2D eigenvalue weighted by Gasteiger charge is 2.34. The number of hydrogen-bond donors (Lipinski definition) is 1. The van der Waals surface area contributed by atoms with Gasteiger partial charge in [0, 0.05) is 19.1 Å². The maximum Gasteiger partial charge on any atom is 0.252 e. The van der Waals surface area contributed by atoms with E-state index in [4.69, 9.17) is 0 Å². The maximum atomic E-state index is 12.6. The highest BCUT2D eigenvalue weighted by molar-refractivity contribution is 7.91. The molecule has 1 aliphatic heterocycles. The average Bonchev–Trinajstić information content (AvgIpc) is 3.08. The zero-order chi connectivity index (χ0) is 17.7. The van der Waals surface area contributed by atoms with Crippen molar-refractivity contribution in [2.24, 2.45) is 11.8 Å². The summed E-state index contributed by atoms with van der Waals surface area (Å²) in [6.45, 7) is 7.13. The molecule has 2 rings (SSSR count). The Morgan fingerprint density at radius 1 is 1.38 bits per heavy atom. The number of rotatable bonds is 7. The van der Waals surface area contributed by atoms with Crippen LogP contribution in [0.15, 0.2) is 21.7 Å². The minimum Gasteiger partial charge on any atom is -0.353 e. The molecule has 24 heavy (non-hydrogen) atoms. The molecule has 2 heterocycles. The molecule has 1 saturated heterocycles. The molecule has 1 aliphatic rings. The molecule has 0 radical (unpaired) electrons. The van der Waals surface area contributed by atoms with Crippen LogP contribution in [0.3, 0.4) is 0 Å². The van der Waals surface area contributed by atoms with Crippen LogP contribution in [0.2, 0.25) is 0 Å². The van der Waals surface area contributed by atoms with Gasteiger partial charge in [0.2, 0.25) is 5.91 Å². The summed E-state index contributed by atoms with van der Waals surface area (Å²) in [5.41, 5.74) is 0. The Kier molecular flexibility index (Phi) is 6.83. The van der Waals surface area contributed by atoms with E-state index in [1.807, 2.05) is 6.92 Å². The zero-order valence-corrected chi connectivity index (χ0v) is 16.3. The molecule has 5 nitrogen and oxygen atoms in total. The molecular formula is C17H28N2O3S2. The average molecular weight is 373 g/mol. The van der Waals surface area contributed by atoms with Crippen LogP contribution in [-0.2, 0) is 14.8 Å². The molecule has 1 amide bonds. The van der Waals surface area contributed by atoms with Crippen LogP contribution >= 0.6 is 11.3 Å². The van der Waals surface area contributed by atoms with E-state index in [-0.39, 0.29) is 24.4 Å². The van der Waals surface area contributed by atoms with Crippen molar-refractivity contribution in [3.8, 4) is 0 Å². The molecule has 136 valence electrons. The van der Waals surface area contributed by atoms with Crippen LogP contribution in [0.4, 0.5) is 0 Å². The molecule has 0 aliphatic carbocycles. The van der Waals surface area contributed by atoms with E-state index < -0.39 is 10.0 Å². The SMILES string of the molecule is CC(C)CCC(C)NC(=O)C1CCCN(S(=O)(=O)c2cccs2)C1. The third-order valence-electron chi connectivity index (χ3n) is 4.41. The molecule has 7 heteroatoms. The van der Waals surface area contributed by atoms with Gasteiger partial charge in [0.1, 0.15) is 4.21 Å². The van der Waals surface area contributed by atoms with Crippen molar-refractivity contribution < 1.29 is 13.2 Å². The lowest BCUT2D eigenvalue weighted by Gasteiger charge is -2.31. The Morgan fingerprint density at radius 3 is 2.75 bits per heavy atom. The van der Waals surface area contributed by atoms with Crippen molar-refractivity contribution in [3.63, 3.8) is 0 Å². The molecule has 1 fully saturated rings. The predicted molar refractivity (Wildman–Crippen MR) is 97.5 cm³/mol. The minimum absolute atomic E-state index is 0.0164. The largest absolute Gasteiger partial charge is 0.353 e. The van der Waals surface area contributed by atoms with Gasteiger partial charge in [0.15, 0.2) is 0 Å². The van der Waals surface area contributed by atoms with E-state index in [0.29, 0.717) is 16.7 Å². The second-order valence-electron chi connectivity index (χ2n) is 7.02. The van der Waals surface area contributed by atoms with E-state index in [1.165, 1.54) is 15.6 Å². The smallest absolute Gasteiger partial charge is 0.252 e. The summed E-state index contributed by atoms with van der Waals surface area (Å²) in [6, 6.07) is 3.49. The molecule has 0 spiro atoms. The lowest BCUT2D eigenvalue weighted by molar-refractivity contribution is -0.126. The fourth-order valence-corrected chi connectivity index (χ4v) is 5.60. The van der Waals surface area contributed by atoms with Crippen LogP contribution < -0.4 is 5.32 Å². The molecule has 1 aromatic rings. The lowest BCUT2D eigenvalue weighted by Crippen LogP contribution is -2.47. The van der Waals surface area contributed by atoms with E-state index in [0.717, 1.165) is 25.7 Å². The van der Waals surface area contributed by atoms with Gasteiger partial charge in [-0.3, -0.25) is 4.79 Å². The monoisotopic (exact) mass is 372 g/mol. The lowest BCUT2D eigenvalue weighted by atomic mass is 9.97. The number of nitrogens with one attached hydrogen (secondary N) is 1. The van der Waals surface area contributed by atoms with Gasteiger partial charge in [0.25, 0.3) is 10.0 Å². The predicted octanol–water partition coefficient (Wildman–Crippen LogP) is 3.09. The molecule has 1 aromatic heterocycles. The van der Waals surface area contributed by atoms with Crippen molar-refractivity contribution in [1.82, 2.24) is 9.62 Å². The Bertz CT molecular complexity index is 626. The number of nitrogens with zero attached hydrogens (tertiary/aromatic N) is 1. The molecule has 0 saturated carbocycles. The molecule has 2 unspecified atom stereocenters. The van der Waals surface area contributed by atoms with E-state index in [1.54, 1.807) is 17.5 Å². The maximum absolute atomic E-state index is 12.6. The summed E-state index contributed by atoms with van der Waals surface area (Å²) in [6.07, 6.45) is 3.50. The summed E-state index contributed by atoms with van der Waals surface area (Å²) in [4.78, 5) is 12.5. The fraction of sp³-hybridized carbons (Fsp3) is 0.706. The standard InChI is InChI=1S/C17H28N2O3S2/c1-13(2)8-9-14(3)18-17(20)15-6-4-10-19(12-15)24(21,22)16-7-5-11-23-16/h5,7,11,13-15H,4,6,8-10,12H2,1-3H3,(H,18,20). The van der Waals surface area contributed by atoms with Crippen LogP contribution in [-0.4, -0.2) is 37.8 Å². The van der Waals surface area contributed by atoms with Gasteiger partial charge < -0.3 is 5.32 Å². The fourth-order valence-electron chi connectivity index (χ4n) is 2.93. The number of amides is 1. The number of thiophene rings is 1. The third kappa shape index (κ3) is 5.04. The van der Waals surface area contributed by atoms with Gasteiger partial charge >= 0.3 is 0 Å². The molecule has 2 atom stereocenters. The van der Waals surface area contributed by atoms with Crippen LogP contribution in [0.25, 0.3) is 0 Å². The van der Waals surface area contributed by atoms with Crippen molar-refractivity contribution in [2.45, 2.75) is 56.7 Å². The Hall–Kier alpha value is -0.920. The van der Waals surface area contributed by atoms with E-state index in [9.17, 15) is 13.2 Å². The van der Waals surface area contributed by atoms with Crippen molar-refractivity contribution >= 4 is 27.3 Å². The third-order valence-corrected chi connectivity index (χ3v) is 7.65. The van der Waals surface area contributed by atoms with Gasteiger partial charge in [-0.1, -0.05) is 19.9 Å². The Labute approximate surface area is 149 Å². The van der Waals surface area contributed by atoms with Gasteiger partial charge in [-0.25, -0.2) is 8.42 Å².